The van der Waals surface area contributed by atoms with Gasteiger partial charge in [0.15, 0.2) is 0 Å². The van der Waals surface area contributed by atoms with Crippen molar-refractivity contribution >= 4 is 77.2 Å². The van der Waals surface area contributed by atoms with E-state index in [0.29, 0.717) is 0 Å². The van der Waals surface area contributed by atoms with Crippen LogP contribution in [0.15, 0.2) is 218 Å². The molecule has 16 aliphatic carbocycles. The van der Waals surface area contributed by atoms with E-state index in [1.807, 2.05) is 0 Å². The number of anilines is 6. The van der Waals surface area contributed by atoms with Crippen molar-refractivity contribution in [3.8, 4) is 33.4 Å². The van der Waals surface area contributed by atoms with Crippen molar-refractivity contribution in [3.05, 3.63) is 263 Å². The predicted molar refractivity (Wildman–Crippen MR) is 516 cm³/mol. The molecule has 16 fully saturated rings. The van der Waals surface area contributed by atoms with Crippen LogP contribution in [0.1, 0.15) is 282 Å². The highest BCUT2D eigenvalue weighted by atomic mass is 15.2. The summed E-state index contributed by atoms with van der Waals surface area (Å²) in [4.78, 5) is 5.85. The maximum absolute atomic E-state index is 2.93. The summed E-state index contributed by atoms with van der Waals surface area (Å²) in [5.74, 6) is 10.0. The van der Waals surface area contributed by atoms with Crippen molar-refractivity contribution in [2.45, 2.75) is 281 Å². The third kappa shape index (κ3) is 12.6. The van der Waals surface area contributed by atoms with Gasteiger partial charge in [0.05, 0.1) is 11.4 Å². The standard InChI is InChI=1S/C120H132N2/c1-113(2,3)89-49-90(114(4,5)6)54-97(53-89)121(99-57-93(117-61-73-35-74(62-117)37-75(36-73)63-117)51-94(58-99)118-64-76-38-77(65-118)40-78(39-76)66-118)111-104-29-21-20-28-102(104)110(107-47-87(32-34-106(107)111)85-23-15-13-16-24-85)109-101-27-19-22-30-105(101)112(108-48-88(31-33-103(108)109)86-25-17-14-18-26-86)122(98-55-91(115(7,8)9)50-92(56-98)116(10,11)12)100-59-95(119-67-79-41-80(68-119)43-81(42-79)69-119)52-96(60-100)120-70-82-44-83(71-120)46-84(45-82)72-120/h13-34,47-60,73-84H,35-46,61-72H2,1-12H3. The van der Waals surface area contributed by atoms with Gasteiger partial charge in [0, 0.05) is 44.3 Å². The molecule has 0 unspecified atom stereocenters. The molecule has 12 aromatic rings. The van der Waals surface area contributed by atoms with E-state index in [1.54, 1.807) is 22.3 Å². The van der Waals surface area contributed by atoms with E-state index in [-0.39, 0.29) is 43.3 Å². The first kappa shape index (κ1) is 76.9. The molecule has 28 rings (SSSR count). The Bertz CT molecular complexity index is 5900. The van der Waals surface area contributed by atoms with Crippen LogP contribution in [0.3, 0.4) is 0 Å². The summed E-state index contributed by atoms with van der Waals surface area (Å²) in [7, 11) is 0. The highest BCUT2D eigenvalue weighted by Gasteiger charge is 2.58. The van der Waals surface area contributed by atoms with Gasteiger partial charge in [-0.3, -0.25) is 0 Å². The highest BCUT2D eigenvalue weighted by Crippen LogP contribution is 2.69. The Labute approximate surface area is 729 Å². The third-order valence-electron chi connectivity index (χ3n) is 35.7. The maximum Gasteiger partial charge on any atom is 0.0619 e. The fourth-order valence-electron chi connectivity index (χ4n) is 31.5. The van der Waals surface area contributed by atoms with Crippen LogP contribution < -0.4 is 9.80 Å². The zero-order valence-corrected chi connectivity index (χ0v) is 75.6. The SMILES string of the molecule is CC(C)(C)c1cc(N(c2cc(C34CC5CC(CC(C5)C3)C4)cc(C34CC5CC(CC(C5)C3)C4)c2)c2c3ccccc3c(-c3c4ccccc4c(N(c4cc(C(C)(C)C)cc(C(C)(C)C)c4)c4cc(C56CC7CC(CC(C7)C5)C6)cc(C56CC7CC(CC(C7)C5)C6)c4)c4cc(-c5ccccc5)ccc34)c3cc(-c4ccccc4)ccc23)cc(C(C)(C)C)c1. The molecule has 0 aromatic heterocycles. The van der Waals surface area contributed by atoms with Crippen LogP contribution in [0.5, 0.6) is 0 Å². The van der Waals surface area contributed by atoms with Crippen molar-refractivity contribution in [1.29, 1.82) is 0 Å². The first-order valence-electron chi connectivity index (χ1n) is 48.9. The number of rotatable bonds is 13. The average molecular weight is 1600 g/mol. The molecule has 0 spiro atoms. The molecule has 0 aliphatic heterocycles. The molecule has 622 valence electrons. The zero-order valence-electron chi connectivity index (χ0n) is 75.6. The minimum atomic E-state index is -0.123. The fourth-order valence-corrected chi connectivity index (χ4v) is 31.5. The summed E-state index contributed by atoms with van der Waals surface area (Å²) in [6, 6.07) is 91.3. The molecular weight excluding hydrogens is 1470 g/mol. The number of hydrogen-bond donors (Lipinski definition) is 0. The van der Waals surface area contributed by atoms with Gasteiger partial charge in [-0.05, 0) is 429 Å². The second-order valence-corrected chi connectivity index (χ2v) is 48.3. The molecule has 0 N–H and O–H groups in total. The van der Waals surface area contributed by atoms with E-state index in [2.05, 4.69) is 311 Å². The van der Waals surface area contributed by atoms with Gasteiger partial charge in [-0.25, -0.2) is 0 Å². The van der Waals surface area contributed by atoms with Crippen LogP contribution in [0.25, 0.3) is 76.5 Å². The largest absolute Gasteiger partial charge is 0.309 e. The summed E-state index contributed by atoms with van der Waals surface area (Å²) in [5.41, 5.74) is 28.1. The lowest BCUT2D eigenvalue weighted by molar-refractivity contribution is -0.00856. The van der Waals surface area contributed by atoms with E-state index in [9.17, 15) is 0 Å². The summed E-state index contributed by atoms with van der Waals surface area (Å²) in [6.07, 6.45) is 33.5. The van der Waals surface area contributed by atoms with Gasteiger partial charge in [0.1, 0.15) is 0 Å². The average Bonchev–Trinajstić information content (AvgIpc) is 0.758. The number of nitrogens with zero attached hydrogens (tertiary/aromatic N) is 2. The van der Waals surface area contributed by atoms with Crippen LogP contribution in [0.2, 0.25) is 0 Å². The van der Waals surface area contributed by atoms with Gasteiger partial charge in [-0.2, -0.15) is 0 Å². The second kappa shape index (κ2) is 27.4. The Balaban J connectivity index is 0.822. The molecule has 16 saturated carbocycles. The minimum Gasteiger partial charge on any atom is -0.309 e. The first-order chi connectivity index (χ1) is 58.6. The van der Waals surface area contributed by atoms with Crippen molar-refractivity contribution in [2.24, 2.45) is 71.0 Å². The number of benzene rings is 12. The number of hydrogen-bond acceptors (Lipinski definition) is 2. The molecule has 12 aromatic carbocycles. The number of fused-ring (bicyclic) bond motifs is 4. The molecule has 0 heterocycles. The monoisotopic (exact) mass is 1600 g/mol. The second-order valence-electron chi connectivity index (χ2n) is 48.3. The van der Waals surface area contributed by atoms with Crippen molar-refractivity contribution < 1.29 is 0 Å². The van der Waals surface area contributed by atoms with Crippen molar-refractivity contribution in [3.63, 3.8) is 0 Å². The van der Waals surface area contributed by atoms with Gasteiger partial charge >= 0.3 is 0 Å². The van der Waals surface area contributed by atoms with Crippen LogP contribution in [0, 0.1) is 71.0 Å². The van der Waals surface area contributed by atoms with Crippen molar-refractivity contribution in [2.75, 3.05) is 9.80 Å². The minimum absolute atomic E-state index is 0.117. The molecule has 0 saturated heterocycles. The molecule has 16 aliphatic rings. The Morgan fingerprint density at radius 1 is 0.205 bits per heavy atom. The molecule has 2 nitrogen and oxygen atoms in total. The van der Waals surface area contributed by atoms with Crippen molar-refractivity contribution in [1.82, 2.24) is 0 Å². The fraction of sp³-hybridized carbons (Fsp3) is 0.467. The van der Waals surface area contributed by atoms with Crippen LogP contribution in [0.4, 0.5) is 34.1 Å². The molecule has 0 radical (unpaired) electrons. The quantitative estimate of drug-likeness (QED) is 0.106. The van der Waals surface area contributed by atoms with E-state index >= 15 is 0 Å². The van der Waals surface area contributed by atoms with Gasteiger partial charge in [0.2, 0.25) is 0 Å². The summed E-state index contributed by atoms with van der Waals surface area (Å²) < 4.78 is 0. The van der Waals surface area contributed by atoms with E-state index in [4.69, 9.17) is 0 Å². The van der Waals surface area contributed by atoms with Gasteiger partial charge < -0.3 is 9.80 Å². The van der Waals surface area contributed by atoms with Gasteiger partial charge in [0.25, 0.3) is 0 Å². The smallest absolute Gasteiger partial charge is 0.0619 e. The molecule has 0 atom stereocenters. The van der Waals surface area contributed by atoms with Gasteiger partial charge in [-0.15, -0.1) is 0 Å². The molecule has 2 heteroatoms. The summed E-state index contributed by atoms with van der Waals surface area (Å²) in [5, 5.41) is 10.4. The molecule has 122 heavy (non-hydrogen) atoms. The van der Waals surface area contributed by atoms with Crippen LogP contribution in [-0.4, -0.2) is 0 Å². The normalized spacial score (nSPS) is 30.3. The van der Waals surface area contributed by atoms with E-state index in [0.717, 1.165) is 71.0 Å². The van der Waals surface area contributed by atoms with Gasteiger partial charge in [-0.1, -0.05) is 241 Å². The maximum atomic E-state index is 2.93. The van der Waals surface area contributed by atoms with E-state index < -0.39 is 0 Å². The lowest BCUT2D eigenvalue weighted by atomic mass is 9.46. The zero-order chi connectivity index (χ0) is 82.7. The Morgan fingerprint density at radius 3 is 0.730 bits per heavy atom. The molecular formula is C120H132N2. The topological polar surface area (TPSA) is 6.48 Å². The third-order valence-corrected chi connectivity index (χ3v) is 35.7. The Kier molecular flexibility index (Phi) is 17.3. The Morgan fingerprint density at radius 2 is 0.434 bits per heavy atom. The lowest BCUT2D eigenvalue weighted by Crippen LogP contribution is -2.50. The first-order valence-corrected chi connectivity index (χ1v) is 48.9. The molecule has 16 bridgehead atoms. The van der Waals surface area contributed by atoms with Crippen LogP contribution >= 0.6 is 0 Å². The Hall–Kier alpha value is -8.72. The highest BCUT2D eigenvalue weighted by molar-refractivity contribution is 6.31. The molecule has 0 amide bonds. The van der Waals surface area contributed by atoms with Crippen LogP contribution in [-0.2, 0) is 43.3 Å². The lowest BCUT2D eigenvalue weighted by Gasteiger charge is -2.58. The summed E-state index contributed by atoms with van der Waals surface area (Å²) >= 11 is 0. The predicted octanol–water partition coefficient (Wildman–Crippen LogP) is 33.3. The summed E-state index contributed by atoms with van der Waals surface area (Å²) in [6.45, 7) is 29.5. The van der Waals surface area contributed by atoms with E-state index in [1.165, 1.54) is 287 Å².